The third-order valence-electron chi connectivity index (χ3n) is 5.90. The molecule has 0 radical (unpaired) electrons. The molecule has 0 aromatic heterocycles. The minimum atomic E-state index is -0.212. The van der Waals surface area contributed by atoms with Gasteiger partial charge >= 0.3 is 0 Å². The Morgan fingerprint density at radius 2 is 1.85 bits per heavy atom. The Morgan fingerprint density at radius 3 is 2.54 bits per heavy atom. The summed E-state index contributed by atoms with van der Waals surface area (Å²) >= 11 is 0. The first-order valence-electron chi connectivity index (χ1n) is 9.44. The fourth-order valence-corrected chi connectivity index (χ4v) is 4.76. The highest BCUT2D eigenvalue weighted by Gasteiger charge is 2.47. The van der Waals surface area contributed by atoms with Crippen LogP contribution < -0.4 is 0 Å². The third-order valence-corrected chi connectivity index (χ3v) is 5.90. The Labute approximate surface area is 154 Å². The van der Waals surface area contributed by atoms with Gasteiger partial charge in [-0.3, -0.25) is 9.69 Å². The molecule has 0 saturated carbocycles. The van der Waals surface area contributed by atoms with E-state index in [1.807, 2.05) is 23.1 Å². The van der Waals surface area contributed by atoms with E-state index in [-0.39, 0.29) is 23.7 Å². The average Bonchev–Trinajstić information content (AvgIpc) is 3.04. The van der Waals surface area contributed by atoms with Gasteiger partial charge < -0.3 is 4.90 Å². The molecular formula is C22H25FN2O. The highest BCUT2D eigenvalue weighted by molar-refractivity contribution is 5.74. The van der Waals surface area contributed by atoms with Crippen LogP contribution in [0.25, 0.3) is 0 Å². The molecule has 0 spiro atoms. The van der Waals surface area contributed by atoms with Crippen molar-refractivity contribution in [2.75, 3.05) is 13.1 Å². The number of carbonyl (C=O) groups excluding carboxylic acids is 1. The van der Waals surface area contributed by atoms with Crippen LogP contribution in [0.15, 0.2) is 54.6 Å². The van der Waals surface area contributed by atoms with Crippen molar-refractivity contribution >= 4 is 5.91 Å². The molecule has 26 heavy (non-hydrogen) atoms. The summed E-state index contributed by atoms with van der Waals surface area (Å²) < 4.78 is 13.4. The largest absolute Gasteiger partial charge is 0.338 e. The Hall–Kier alpha value is -2.20. The zero-order chi connectivity index (χ0) is 18.1. The molecule has 3 atom stereocenters. The Bertz CT molecular complexity index is 761. The molecule has 0 unspecified atom stereocenters. The van der Waals surface area contributed by atoms with Crippen LogP contribution in [0.3, 0.4) is 0 Å². The van der Waals surface area contributed by atoms with E-state index in [4.69, 9.17) is 0 Å². The van der Waals surface area contributed by atoms with Crippen LogP contribution in [0.2, 0.25) is 0 Å². The van der Waals surface area contributed by atoms with E-state index < -0.39 is 0 Å². The molecule has 2 aliphatic heterocycles. The molecule has 4 rings (SSSR count). The fourth-order valence-electron chi connectivity index (χ4n) is 4.76. The molecule has 0 N–H and O–H groups in total. The molecule has 3 nitrogen and oxygen atoms in total. The lowest BCUT2D eigenvalue weighted by molar-refractivity contribution is -0.130. The first kappa shape index (κ1) is 17.2. The maximum absolute atomic E-state index is 13.4. The Balaban J connectivity index is 1.66. The molecule has 2 aromatic carbocycles. The van der Waals surface area contributed by atoms with Crippen molar-refractivity contribution in [3.05, 3.63) is 71.5 Å². The molecule has 2 aromatic rings. The van der Waals surface area contributed by atoms with E-state index in [0.29, 0.717) is 6.04 Å². The number of likely N-dealkylation sites (tertiary alicyclic amines) is 2. The van der Waals surface area contributed by atoms with Crippen molar-refractivity contribution < 1.29 is 9.18 Å². The van der Waals surface area contributed by atoms with Gasteiger partial charge in [-0.1, -0.05) is 42.5 Å². The summed E-state index contributed by atoms with van der Waals surface area (Å²) in [5.41, 5.74) is 2.43. The monoisotopic (exact) mass is 352 g/mol. The summed E-state index contributed by atoms with van der Waals surface area (Å²) in [5.74, 6) is 0.163. The molecule has 1 amide bonds. The number of amides is 1. The molecule has 136 valence electrons. The van der Waals surface area contributed by atoms with Crippen LogP contribution >= 0.6 is 0 Å². The van der Waals surface area contributed by atoms with E-state index >= 15 is 0 Å². The number of piperidine rings is 1. The number of benzene rings is 2. The fraction of sp³-hybridized carbons (Fsp3) is 0.409. The molecule has 4 heteroatoms. The third kappa shape index (κ3) is 3.26. The van der Waals surface area contributed by atoms with E-state index in [0.717, 1.165) is 38.0 Å². The van der Waals surface area contributed by atoms with Gasteiger partial charge in [0.15, 0.2) is 0 Å². The van der Waals surface area contributed by atoms with Gasteiger partial charge in [0.25, 0.3) is 0 Å². The van der Waals surface area contributed by atoms with Crippen LogP contribution in [0, 0.1) is 5.82 Å². The van der Waals surface area contributed by atoms with E-state index in [2.05, 4.69) is 29.2 Å². The van der Waals surface area contributed by atoms with Crippen LogP contribution in [-0.2, 0) is 11.3 Å². The second-order valence-corrected chi connectivity index (χ2v) is 7.49. The van der Waals surface area contributed by atoms with Crippen molar-refractivity contribution in [1.29, 1.82) is 0 Å². The standard InChI is InChI=1S/C22H25FN2O/c1-16(26)25-15-20(18-9-11-19(23)12-10-18)22-21(25)8-5-13-24(22)14-17-6-3-2-4-7-17/h2-4,6-7,9-12,20-22H,5,8,13-15H2,1H3/t20-,21-,22-/m0/s1. The van der Waals surface area contributed by atoms with Gasteiger partial charge in [0.05, 0.1) is 0 Å². The summed E-state index contributed by atoms with van der Waals surface area (Å²) in [6.45, 7) is 4.33. The van der Waals surface area contributed by atoms with Crippen molar-refractivity contribution in [2.24, 2.45) is 0 Å². The van der Waals surface area contributed by atoms with E-state index in [1.54, 1.807) is 6.92 Å². The van der Waals surface area contributed by atoms with E-state index in [1.165, 1.54) is 17.7 Å². The molecule has 2 heterocycles. The summed E-state index contributed by atoms with van der Waals surface area (Å²) in [5, 5.41) is 0. The van der Waals surface area contributed by atoms with Crippen LogP contribution in [0.4, 0.5) is 4.39 Å². The first-order chi connectivity index (χ1) is 12.6. The summed E-state index contributed by atoms with van der Waals surface area (Å²) in [7, 11) is 0. The van der Waals surface area contributed by atoms with Crippen LogP contribution in [0.1, 0.15) is 36.8 Å². The Kier molecular flexibility index (Phi) is 4.77. The zero-order valence-corrected chi connectivity index (χ0v) is 15.1. The zero-order valence-electron chi connectivity index (χ0n) is 15.1. The Morgan fingerprint density at radius 1 is 1.12 bits per heavy atom. The second-order valence-electron chi connectivity index (χ2n) is 7.49. The molecular weight excluding hydrogens is 327 g/mol. The number of nitrogens with zero attached hydrogens (tertiary/aromatic N) is 2. The predicted molar refractivity (Wildman–Crippen MR) is 100 cm³/mol. The number of fused-ring (bicyclic) bond motifs is 1. The summed E-state index contributed by atoms with van der Waals surface area (Å²) in [6.07, 6.45) is 2.15. The normalized spacial score (nSPS) is 25.9. The lowest BCUT2D eigenvalue weighted by Gasteiger charge is -2.41. The van der Waals surface area contributed by atoms with Crippen molar-refractivity contribution in [2.45, 2.75) is 44.3 Å². The van der Waals surface area contributed by atoms with Crippen LogP contribution in [-0.4, -0.2) is 40.9 Å². The molecule has 2 saturated heterocycles. The molecule has 2 aliphatic rings. The van der Waals surface area contributed by atoms with Gasteiger partial charge in [0.1, 0.15) is 5.82 Å². The molecule has 2 fully saturated rings. The number of hydrogen-bond donors (Lipinski definition) is 0. The number of halogens is 1. The molecule has 0 bridgehead atoms. The molecule has 0 aliphatic carbocycles. The smallest absolute Gasteiger partial charge is 0.219 e. The second kappa shape index (κ2) is 7.20. The maximum Gasteiger partial charge on any atom is 0.219 e. The lowest BCUT2D eigenvalue weighted by Crippen LogP contribution is -2.51. The lowest BCUT2D eigenvalue weighted by atomic mass is 9.85. The number of hydrogen-bond acceptors (Lipinski definition) is 2. The summed E-state index contributed by atoms with van der Waals surface area (Å²) in [4.78, 5) is 16.8. The maximum atomic E-state index is 13.4. The average molecular weight is 352 g/mol. The SMILES string of the molecule is CC(=O)N1C[C@@H](c2ccc(F)cc2)[C@H]2[C@@H]1CCCN2Cc1ccccc1. The quantitative estimate of drug-likeness (QED) is 0.839. The van der Waals surface area contributed by atoms with Crippen LogP contribution in [0.5, 0.6) is 0 Å². The van der Waals surface area contributed by atoms with Crippen molar-refractivity contribution in [3.63, 3.8) is 0 Å². The van der Waals surface area contributed by atoms with Gasteiger partial charge in [-0.15, -0.1) is 0 Å². The summed E-state index contributed by atoms with van der Waals surface area (Å²) in [6, 6.07) is 17.9. The van der Waals surface area contributed by atoms with Gasteiger partial charge in [-0.2, -0.15) is 0 Å². The van der Waals surface area contributed by atoms with Crippen molar-refractivity contribution in [1.82, 2.24) is 9.80 Å². The minimum Gasteiger partial charge on any atom is -0.338 e. The highest BCUT2D eigenvalue weighted by Crippen LogP contribution is 2.40. The highest BCUT2D eigenvalue weighted by atomic mass is 19.1. The van der Waals surface area contributed by atoms with Gasteiger partial charge in [0.2, 0.25) is 5.91 Å². The topological polar surface area (TPSA) is 23.6 Å². The number of rotatable bonds is 3. The van der Waals surface area contributed by atoms with E-state index in [9.17, 15) is 9.18 Å². The first-order valence-corrected chi connectivity index (χ1v) is 9.44. The van der Waals surface area contributed by atoms with Gasteiger partial charge in [-0.25, -0.2) is 4.39 Å². The number of carbonyl (C=O) groups is 1. The van der Waals surface area contributed by atoms with Crippen molar-refractivity contribution in [3.8, 4) is 0 Å². The van der Waals surface area contributed by atoms with Gasteiger partial charge in [-0.05, 0) is 42.6 Å². The minimum absolute atomic E-state index is 0.145. The van der Waals surface area contributed by atoms with Gasteiger partial charge in [0, 0.05) is 38.0 Å². The predicted octanol–water partition coefficient (Wildman–Crippen LogP) is 3.80.